The summed E-state index contributed by atoms with van der Waals surface area (Å²) >= 11 is 0. The van der Waals surface area contributed by atoms with E-state index >= 15 is 0 Å². The smallest absolute Gasteiger partial charge is 0.394 e. The maximum atomic E-state index is 12.2. The van der Waals surface area contributed by atoms with Crippen molar-refractivity contribution in [3.8, 4) is 23.0 Å². The molecule has 0 aliphatic heterocycles. The molecule has 0 spiro atoms. The van der Waals surface area contributed by atoms with Crippen LogP contribution in [0.25, 0.3) is 16.9 Å². The zero-order valence-corrected chi connectivity index (χ0v) is 15.8. The number of rotatable bonds is 5. The summed E-state index contributed by atoms with van der Waals surface area (Å²) in [6.07, 6.45) is 1.72. The molecule has 0 fully saturated rings. The van der Waals surface area contributed by atoms with Gasteiger partial charge in [0.2, 0.25) is 0 Å². The molecule has 8 nitrogen and oxygen atoms in total. The first-order valence-corrected chi connectivity index (χ1v) is 8.76. The number of ether oxygens (including phenoxy) is 1. The molecule has 4 rings (SSSR count). The molecule has 8 heteroatoms. The zero-order valence-electron chi connectivity index (χ0n) is 15.8. The van der Waals surface area contributed by atoms with Gasteiger partial charge in [-0.2, -0.15) is 14.3 Å². The van der Waals surface area contributed by atoms with Crippen LogP contribution >= 0.6 is 0 Å². The van der Waals surface area contributed by atoms with Gasteiger partial charge in [0, 0.05) is 18.2 Å². The SMILES string of the molecule is Cc1ccc(-c2coc(OCc3c(C)cccc3-n3nnn(C)c3=O)n2)cc1. The first-order chi connectivity index (χ1) is 13.5. The quantitative estimate of drug-likeness (QED) is 0.531. The number of aryl methyl sites for hydroxylation is 3. The standard InChI is InChI=1S/C20H19N5O3/c1-13-7-9-15(10-8-13)17-12-28-19(21-17)27-11-16-14(2)5-4-6-18(16)25-20(26)24(3)22-23-25/h4-10,12H,11H2,1-3H3. The summed E-state index contributed by atoms with van der Waals surface area (Å²) in [5.74, 6) is 0. The van der Waals surface area contributed by atoms with Gasteiger partial charge < -0.3 is 9.15 Å². The van der Waals surface area contributed by atoms with E-state index in [-0.39, 0.29) is 18.4 Å². The summed E-state index contributed by atoms with van der Waals surface area (Å²) in [5, 5.41) is 7.69. The Balaban J connectivity index is 1.58. The Morgan fingerprint density at radius 1 is 1.07 bits per heavy atom. The molecule has 2 aromatic carbocycles. The molecule has 0 saturated heterocycles. The van der Waals surface area contributed by atoms with Crippen molar-refractivity contribution in [3.05, 3.63) is 75.9 Å². The first kappa shape index (κ1) is 17.7. The predicted molar refractivity (Wildman–Crippen MR) is 102 cm³/mol. The van der Waals surface area contributed by atoms with E-state index in [1.165, 1.54) is 14.9 Å². The lowest BCUT2D eigenvalue weighted by atomic mass is 10.1. The van der Waals surface area contributed by atoms with Crippen molar-refractivity contribution in [2.24, 2.45) is 7.05 Å². The third kappa shape index (κ3) is 3.32. The molecule has 28 heavy (non-hydrogen) atoms. The molecule has 0 unspecified atom stereocenters. The second kappa shape index (κ2) is 7.15. The van der Waals surface area contributed by atoms with Gasteiger partial charge in [-0.25, -0.2) is 4.79 Å². The predicted octanol–water partition coefficient (Wildman–Crippen LogP) is 2.82. The van der Waals surface area contributed by atoms with Crippen LogP contribution in [-0.4, -0.2) is 24.8 Å². The fraction of sp³-hybridized carbons (Fsp3) is 0.200. The van der Waals surface area contributed by atoms with E-state index in [9.17, 15) is 4.79 Å². The Labute approximate surface area is 161 Å². The van der Waals surface area contributed by atoms with Crippen LogP contribution in [0.5, 0.6) is 6.08 Å². The maximum absolute atomic E-state index is 12.2. The lowest BCUT2D eigenvalue weighted by Gasteiger charge is -2.11. The summed E-state index contributed by atoms with van der Waals surface area (Å²) in [4.78, 5) is 16.6. The average Bonchev–Trinajstić information content (AvgIpc) is 3.29. The van der Waals surface area contributed by atoms with Crippen LogP contribution in [0.15, 0.2) is 57.9 Å². The van der Waals surface area contributed by atoms with Crippen molar-refractivity contribution in [3.63, 3.8) is 0 Å². The Hall–Kier alpha value is -3.68. The number of hydrogen-bond donors (Lipinski definition) is 0. The highest BCUT2D eigenvalue weighted by Crippen LogP contribution is 2.24. The van der Waals surface area contributed by atoms with Crippen LogP contribution in [0, 0.1) is 13.8 Å². The summed E-state index contributed by atoms with van der Waals surface area (Å²) in [6, 6.07) is 13.6. The van der Waals surface area contributed by atoms with Crippen molar-refractivity contribution in [1.82, 2.24) is 24.8 Å². The minimum Gasteiger partial charge on any atom is -0.445 e. The second-order valence-electron chi connectivity index (χ2n) is 6.52. The zero-order chi connectivity index (χ0) is 19.7. The molecule has 0 saturated carbocycles. The maximum Gasteiger partial charge on any atom is 0.394 e. The highest BCUT2D eigenvalue weighted by atomic mass is 16.6. The van der Waals surface area contributed by atoms with E-state index in [1.807, 2.05) is 50.2 Å². The molecule has 0 N–H and O–H groups in total. The number of nitrogens with zero attached hydrogens (tertiary/aromatic N) is 5. The number of benzene rings is 2. The van der Waals surface area contributed by atoms with E-state index in [0.717, 1.165) is 16.7 Å². The van der Waals surface area contributed by atoms with E-state index in [1.54, 1.807) is 19.4 Å². The molecular formula is C20H19N5O3. The number of oxazole rings is 1. The topological polar surface area (TPSA) is 88.0 Å². The van der Waals surface area contributed by atoms with Gasteiger partial charge in [0.15, 0.2) is 0 Å². The summed E-state index contributed by atoms with van der Waals surface area (Å²) < 4.78 is 13.6. The molecule has 4 aromatic rings. The third-order valence-electron chi connectivity index (χ3n) is 4.51. The highest BCUT2D eigenvalue weighted by Gasteiger charge is 2.15. The monoisotopic (exact) mass is 377 g/mol. The van der Waals surface area contributed by atoms with Crippen LogP contribution in [0.1, 0.15) is 16.7 Å². The van der Waals surface area contributed by atoms with Crippen LogP contribution in [0.3, 0.4) is 0 Å². The molecular weight excluding hydrogens is 358 g/mol. The molecule has 142 valence electrons. The molecule has 2 aromatic heterocycles. The lowest BCUT2D eigenvalue weighted by molar-refractivity contribution is 0.219. The molecule has 2 heterocycles. The van der Waals surface area contributed by atoms with Crippen molar-refractivity contribution in [2.75, 3.05) is 0 Å². The number of aromatic nitrogens is 5. The summed E-state index contributed by atoms with van der Waals surface area (Å²) in [7, 11) is 1.55. The van der Waals surface area contributed by atoms with Gasteiger partial charge in [0.05, 0.1) is 5.69 Å². The lowest BCUT2D eigenvalue weighted by Crippen LogP contribution is -2.23. The minimum atomic E-state index is -0.329. The van der Waals surface area contributed by atoms with Crippen molar-refractivity contribution >= 4 is 0 Å². The fourth-order valence-corrected chi connectivity index (χ4v) is 2.85. The molecule has 0 atom stereocenters. The Morgan fingerprint density at radius 2 is 1.86 bits per heavy atom. The van der Waals surface area contributed by atoms with Crippen molar-refractivity contribution in [2.45, 2.75) is 20.5 Å². The van der Waals surface area contributed by atoms with E-state index in [4.69, 9.17) is 9.15 Å². The Bertz CT molecular complexity index is 1170. The molecule has 0 aliphatic rings. The first-order valence-electron chi connectivity index (χ1n) is 8.76. The van der Waals surface area contributed by atoms with Crippen molar-refractivity contribution in [1.29, 1.82) is 0 Å². The van der Waals surface area contributed by atoms with Crippen LogP contribution < -0.4 is 10.4 Å². The van der Waals surface area contributed by atoms with Gasteiger partial charge in [-0.3, -0.25) is 0 Å². The molecule has 0 aliphatic carbocycles. The largest absolute Gasteiger partial charge is 0.445 e. The number of hydrogen-bond acceptors (Lipinski definition) is 6. The summed E-state index contributed by atoms with van der Waals surface area (Å²) in [5.41, 5.74) is 4.88. The minimum absolute atomic E-state index is 0.163. The van der Waals surface area contributed by atoms with Crippen LogP contribution in [0.2, 0.25) is 0 Å². The van der Waals surface area contributed by atoms with E-state index < -0.39 is 0 Å². The normalized spacial score (nSPS) is 11.0. The fourth-order valence-electron chi connectivity index (χ4n) is 2.85. The van der Waals surface area contributed by atoms with Gasteiger partial charge >= 0.3 is 11.8 Å². The van der Waals surface area contributed by atoms with E-state index in [2.05, 4.69) is 15.4 Å². The molecule has 0 radical (unpaired) electrons. The second-order valence-corrected chi connectivity index (χ2v) is 6.52. The van der Waals surface area contributed by atoms with Crippen molar-refractivity contribution < 1.29 is 9.15 Å². The van der Waals surface area contributed by atoms with E-state index in [0.29, 0.717) is 11.4 Å². The van der Waals surface area contributed by atoms with Crippen LogP contribution in [0.4, 0.5) is 0 Å². The van der Waals surface area contributed by atoms with Gasteiger partial charge in [-0.15, -0.1) is 0 Å². The van der Waals surface area contributed by atoms with Gasteiger partial charge in [0.1, 0.15) is 18.6 Å². The van der Waals surface area contributed by atoms with Gasteiger partial charge in [0.25, 0.3) is 0 Å². The molecule has 0 amide bonds. The highest BCUT2D eigenvalue weighted by molar-refractivity contribution is 5.58. The number of tetrazole rings is 1. The molecule has 0 bridgehead atoms. The average molecular weight is 377 g/mol. The Kier molecular flexibility index (Phi) is 4.52. The third-order valence-corrected chi connectivity index (χ3v) is 4.51. The van der Waals surface area contributed by atoms with Gasteiger partial charge in [-0.05, 0) is 35.9 Å². The van der Waals surface area contributed by atoms with Gasteiger partial charge in [-0.1, -0.05) is 42.0 Å². The Morgan fingerprint density at radius 3 is 2.57 bits per heavy atom. The summed E-state index contributed by atoms with van der Waals surface area (Å²) in [6.45, 7) is 4.15. The van der Waals surface area contributed by atoms with Crippen LogP contribution in [-0.2, 0) is 13.7 Å².